The van der Waals surface area contributed by atoms with E-state index in [2.05, 4.69) is 15.5 Å². The van der Waals surface area contributed by atoms with E-state index in [9.17, 15) is 18.8 Å². The summed E-state index contributed by atoms with van der Waals surface area (Å²) in [7, 11) is 0. The number of amides is 1. The molecule has 0 aliphatic carbocycles. The van der Waals surface area contributed by atoms with Crippen molar-refractivity contribution in [1.29, 1.82) is 0 Å². The normalized spacial score (nSPS) is 10.5. The summed E-state index contributed by atoms with van der Waals surface area (Å²) < 4.78 is 18.2. The lowest BCUT2D eigenvalue weighted by molar-refractivity contribution is -0.118. The fraction of sp³-hybridized carbons (Fsp3) is 0.0625. The van der Waals surface area contributed by atoms with Crippen LogP contribution in [0.1, 0.15) is 0 Å². The minimum atomic E-state index is -0.550. The number of halogens is 1. The van der Waals surface area contributed by atoms with Gasteiger partial charge in [-0.25, -0.2) is 4.39 Å². The van der Waals surface area contributed by atoms with Crippen molar-refractivity contribution >= 4 is 22.4 Å². The van der Waals surface area contributed by atoms with Crippen LogP contribution < -0.4 is 21.2 Å². The minimum absolute atomic E-state index is 0.0698. The van der Waals surface area contributed by atoms with Crippen LogP contribution in [0.3, 0.4) is 0 Å². The molecule has 3 rings (SSSR count). The van der Waals surface area contributed by atoms with E-state index in [1.54, 1.807) is 6.07 Å². The van der Waals surface area contributed by atoms with Crippen molar-refractivity contribution in [3.63, 3.8) is 0 Å². The lowest BCUT2D eigenvalue weighted by Gasteiger charge is -2.09. The number of hydrogen-bond acceptors (Lipinski definition) is 4. The molecule has 0 spiro atoms. The van der Waals surface area contributed by atoms with Gasteiger partial charge in [0.1, 0.15) is 11.6 Å². The Morgan fingerprint density at radius 3 is 2.62 bits per heavy atom. The molecule has 1 heterocycles. The van der Waals surface area contributed by atoms with Crippen molar-refractivity contribution in [3.05, 3.63) is 69.0 Å². The van der Waals surface area contributed by atoms with Crippen LogP contribution in [0, 0.1) is 5.82 Å². The van der Waals surface area contributed by atoms with Crippen LogP contribution in [0.25, 0.3) is 10.8 Å². The first kappa shape index (κ1) is 15.5. The van der Waals surface area contributed by atoms with Crippen LogP contribution in [0.5, 0.6) is 5.75 Å². The zero-order valence-electron chi connectivity index (χ0n) is 12.3. The molecule has 0 saturated carbocycles. The molecule has 0 atom stereocenters. The van der Waals surface area contributed by atoms with Crippen molar-refractivity contribution in [2.24, 2.45) is 0 Å². The third-order valence-electron chi connectivity index (χ3n) is 3.27. The van der Waals surface area contributed by atoms with Gasteiger partial charge in [-0.1, -0.05) is 12.1 Å². The van der Waals surface area contributed by atoms with Crippen LogP contribution in [0.4, 0.5) is 10.1 Å². The summed E-state index contributed by atoms with van der Waals surface area (Å²) in [5, 5.41) is 7.14. The highest BCUT2D eigenvalue weighted by Crippen LogP contribution is 2.17. The Morgan fingerprint density at radius 2 is 1.83 bits per heavy atom. The van der Waals surface area contributed by atoms with E-state index in [1.165, 1.54) is 30.3 Å². The van der Waals surface area contributed by atoms with E-state index in [4.69, 9.17) is 4.74 Å². The monoisotopic (exact) mass is 329 g/mol. The van der Waals surface area contributed by atoms with E-state index < -0.39 is 22.8 Å². The molecule has 3 N–H and O–H groups in total. The quantitative estimate of drug-likeness (QED) is 0.672. The lowest BCUT2D eigenvalue weighted by atomic mass is 10.1. The average molecular weight is 329 g/mol. The number of carbonyl (C=O) groups excluding carboxylic acids is 1. The van der Waals surface area contributed by atoms with Crippen molar-refractivity contribution < 1.29 is 13.9 Å². The highest BCUT2D eigenvalue weighted by atomic mass is 19.1. The molecule has 0 fully saturated rings. The highest BCUT2D eigenvalue weighted by molar-refractivity contribution is 6.01. The Kier molecular flexibility index (Phi) is 4.11. The second-order valence-electron chi connectivity index (χ2n) is 4.93. The zero-order chi connectivity index (χ0) is 17.1. The van der Waals surface area contributed by atoms with Gasteiger partial charge in [-0.05, 0) is 24.3 Å². The van der Waals surface area contributed by atoms with E-state index in [-0.39, 0.29) is 28.8 Å². The number of H-pyrrole nitrogens is 2. The summed E-state index contributed by atoms with van der Waals surface area (Å²) in [4.78, 5) is 35.6. The first-order valence-electron chi connectivity index (χ1n) is 6.96. The van der Waals surface area contributed by atoms with Gasteiger partial charge in [-0.3, -0.25) is 24.6 Å². The summed E-state index contributed by atoms with van der Waals surface area (Å²) in [5.41, 5.74) is -0.823. The number of carbonyl (C=O) groups is 1. The summed E-state index contributed by atoms with van der Waals surface area (Å²) >= 11 is 0. The molecular formula is C16H12FN3O4. The molecular weight excluding hydrogens is 317 g/mol. The molecule has 8 heteroatoms. The Bertz CT molecular complexity index is 1030. The molecule has 1 amide bonds. The Labute approximate surface area is 134 Å². The molecule has 0 saturated heterocycles. The Hall–Kier alpha value is -3.42. The molecule has 7 nitrogen and oxygen atoms in total. The van der Waals surface area contributed by atoms with Crippen LogP contribution in [0.2, 0.25) is 0 Å². The van der Waals surface area contributed by atoms with Gasteiger partial charge in [-0.2, -0.15) is 0 Å². The number of anilines is 1. The number of rotatable bonds is 4. The number of nitrogens with one attached hydrogen (secondary N) is 3. The number of aromatic amines is 2. The van der Waals surface area contributed by atoms with E-state index in [0.29, 0.717) is 0 Å². The smallest absolute Gasteiger partial charge is 0.272 e. The second-order valence-corrected chi connectivity index (χ2v) is 4.93. The summed E-state index contributed by atoms with van der Waals surface area (Å²) in [6.45, 7) is -0.374. The van der Waals surface area contributed by atoms with E-state index in [0.717, 1.165) is 6.07 Å². The maximum atomic E-state index is 13.0. The van der Waals surface area contributed by atoms with Crippen molar-refractivity contribution in [2.75, 3.05) is 11.9 Å². The largest absolute Gasteiger partial charge is 0.484 e. The minimum Gasteiger partial charge on any atom is -0.484 e. The van der Waals surface area contributed by atoms with Crippen LogP contribution in [0.15, 0.2) is 52.1 Å². The fourth-order valence-electron chi connectivity index (χ4n) is 2.23. The van der Waals surface area contributed by atoms with E-state index >= 15 is 0 Å². The third kappa shape index (κ3) is 3.17. The van der Waals surface area contributed by atoms with Crippen LogP contribution >= 0.6 is 0 Å². The van der Waals surface area contributed by atoms with Crippen LogP contribution in [-0.4, -0.2) is 22.7 Å². The first-order valence-corrected chi connectivity index (χ1v) is 6.96. The average Bonchev–Trinajstić information content (AvgIpc) is 2.57. The standard InChI is InChI=1S/C16H12FN3O4/c17-9-3-1-4-10(7-9)24-8-13(21)18-12-6-2-5-11-14(12)16(23)20-19-15(11)22/h1-7H,8H2,(H,18,21)(H,19,22)(H,20,23). The van der Waals surface area contributed by atoms with E-state index in [1.807, 2.05) is 0 Å². The number of ether oxygens (including phenoxy) is 1. The van der Waals surface area contributed by atoms with Gasteiger partial charge in [-0.15, -0.1) is 0 Å². The molecule has 122 valence electrons. The molecule has 2 aromatic carbocycles. The van der Waals surface area contributed by atoms with Gasteiger partial charge in [0, 0.05) is 6.07 Å². The topological polar surface area (TPSA) is 104 Å². The first-order chi connectivity index (χ1) is 11.5. The van der Waals surface area contributed by atoms with Gasteiger partial charge >= 0.3 is 0 Å². The number of hydrogen-bond donors (Lipinski definition) is 3. The Morgan fingerprint density at radius 1 is 1.08 bits per heavy atom. The maximum Gasteiger partial charge on any atom is 0.272 e. The van der Waals surface area contributed by atoms with Gasteiger partial charge < -0.3 is 10.1 Å². The SMILES string of the molecule is O=C(COc1cccc(F)c1)Nc1cccc2c(=O)[nH][nH]c(=O)c12. The van der Waals surface area contributed by atoms with Crippen molar-refractivity contribution in [1.82, 2.24) is 10.2 Å². The van der Waals surface area contributed by atoms with Crippen LogP contribution in [-0.2, 0) is 4.79 Å². The van der Waals surface area contributed by atoms with Gasteiger partial charge in [0.2, 0.25) is 0 Å². The molecule has 0 unspecified atom stereocenters. The van der Waals surface area contributed by atoms with Gasteiger partial charge in [0.05, 0.1) is 16.5 Å². The molecule has 0 aliphatic heterocycles. The predicted molar refractivity (Wildman–Crippen MR) is 85.7 cm³/mol. The molecule has 0 radical (unpaired) electrons. The maximum absolute atomic E-state index is 13.0. The Balaban J connectivity index is 1.80. The number of benzene rings is 2. The summed E-state index contributed by atoms with van der Waals surface area (Å²) in [6.07, 6.45) is 0. The van der Waals surface area contributed by atoms with Gasteiger partial charge in [0.15, 0.2) is 6.61 Å². The molecule has 3 aromatic rings. The third-order valence-corrected chi connectivity index (χ3v) is 3.27. The fourth-order valence-corrected chi connectivity index (χ4v) is 2.23. The van der Waals surface area contributed by atoms with Crippen molar-refractivity contribution in [2.45, 2.75) is 0 Å². The summed E-state index contributed by atoms with van der Waals surface area (Å²) in [6, 6.07) is 9.89. The number of fused-ring (bicyclic) bond motifs is 1. The molecule has 0 bridgehead atoms. The molecule has 0 aliphatic rings. The van der Waals surface area contributed by atoms with Crippen molar-refractivity contribution in [3.8, 4) is 5.75 Å². The highest BCUT2D eigenvalue weighted by Gasteiger charge is 2.11. The number of aromatic nitrogens is 2. The molecule has 24 heavy (non-hydrogen) atoms. The summed E-state index contributed by atoms with van der Waals surface area (Å²) in [5.74, 6) is -0.823. The van der Waals surface area contributed by atoms with Gasteiger partial charge in [0.25, 0.3) is 17.0 Å². The molecule has 1 aromatic heterocycles. The second kappa shape index (κ2) is 6.37. The zero-order valence-corrected chi connectivity index (χ0v) is 12.3. The lowest BCUT2D eigenvalue weighted by Crippen LogP contribution is -2.24. The predicted octanol–water partition coefficient (Wildman–Crippen LogP) is 1.37.